The molecule has 2 heterocycles. The molecule has 0 saturated heterocycles. The number of thioether (sulfide) groups is 1. The van der Waals surface area contributed by atoms with Crippen LogP contribution in [0, 0.1) is 6.92 Å². The van der Waals surface area contributed by atoms with Crippen LogP contribution in [0.4, 0.5) is 10.5 Å². The molecule has 1 aromatic heterocycles. The lowest BCUT2D eigenvalue weighted by Gasteiger charge is -2.21. The summed E-state index contributed by atoms with van der Waals surface area (Å²) < 4.78 is 21.2. The number of benzene rings is 2. The van der Waals surface area contributed by atoms with Crippen LogP contribution < -0.4 is 9.47 Å². The van der Waals surface area contributed by atoms with Gasteiger partial charge in [0.05, 0.1) is 26.5 Å². The van der Waals surface area contributed by atoms with Gasteiger partial charge in [-0.3, -0.25) is 0 Å². The largest absolute Gasteiger partial charge is 0.493 e. The summed E-state index contributed by atoms with van der Waals surface area (Å²) in [4.78, 5) is 25.2. The molecule has 9 nitrogen and oxygen atoms in total. The summed E-state index contributed by atoms with van der Waals surface area (Å²) in [5.74, 6) is 2.35. The summed E-state index contributed by atoms with van der Waals surface area (Å²) in [5.41, 5.74) is 3.77. The highest BCUT2D eigenvalue weighted by Crippen LogP contribution is 2.37. The number of hydrogen-bond acceptors (Lipinski definition) is 9. The molecular weight excluding hydrogens is 456 g/mol. The van der Waals surface area contributed by atoms with Gasteiger partial charge in [0.2, 0.25) is 11.7 Å². The molecule has 10 heteroatoms. The highest BCUT2D eigenvalue weighted by molar-refractivity contribution is 8.15. The van der Waals surface area contributed by atoms with Crippen molar-refractivity contribution >= 4 is 34.3 Å². The zero-order valence-electron chi connectivity index (χ0n) is 19.3. The molecule has 0 radical (unpaired) electrons. The molecule has 0 fully saturated rings. The zero-order valence-corrected chi connectivity index (χ0v) is 20.1. The number of carbonyl (C=O) groups is 1. The van der Waals surface area contributed by atoms with Crippen molar-refractivity contribution in [3.8, 4) is 22.9 Å². The second kappa shape index (κ2) is 10.5. The van der Waals surface area contributed by atoms with Crippen LogP contribution in [0.25, 0.3) is 11.4 Å². The number of aromatic nitrogens is 2. The lowest BCUT2D eigenvalue weighted by atomic mass is 10.00. The summed E-state index contributed by atoms with van der Waals surface area (Å²) in [6.07, 6.45) is 2.90. The Balaban J connectivity index is 1.81. The van der Waals surface area contributed by atoms with Crippen molar-refractivity contribution in [2.45, 2.75) is 19.8 Å². The summed E-state index contributed by atoms with van der Waals surface area (Å²) in [7, 11) is 2.89. The Morgan fingerprint density at radius 1 is 1.18 bits per heavy atom. The molecule has 0 saturated carbocycles. The maximum Gasteiger partial charge on any atom is 0.434 e. The van der Waals surface area contributed by atoms with Gasteiger partial charge >= 0.3 is 6.09 Å². The third-order valence-corrected chi connectivity index (χ3v) is 5.79. The first-order chi connectivity index (χ1) is 16.5. The van der Waals surface area contributed by atoms with Gasteiger partial charge in [0, 0.05) is 18.1 Å². The SMILES string of the molecule is COC(=O)/N=C(SC)/C(=N/c1ccc(-c2noc(C)n2)cc1)c1cc2c(c(OC)c1)OCCC2. The van der Waals surface area contributed by atoms with Crippen LogP contribution in [0.1, 0.15) is 23.4 Å². The molecule has 0 bridgehead atoms. The topological polar surface area (TPSA) is 108 Å². The van der Waals surface area contributed by atoms with Crippen molar-refractivity contribution in [3.05, 3.63) is 53.4 Å². The molecule has 1 aliphatic rings. The smallest absolute Gasteiger partial charge is 0.434 e. The van der Waals surface area contributed by atoms with Crippen molar-refractivity contribution < 1.29 is 23.5 Å². The van der Waals surface area contributed by atoms with E-state index < -0.39 is 6.09 Å². The molecule has 176 valence electrons. The van der Waals surface area contributed by atoms with Crippen molar-refractivity contribution in [3.63, 3.8) is 0 Å². The fraction of sp³-hybridized carbons (Fsp3) is 0.292. The van der Waals surface area contributed by atoms with E-state index in [4.69, 9.17) is 23.7 Å². The lowest BCUT2D eigenvalue weighted by molar-refractivity contribution is 0.183. The minimum atomic E-state index is -0.701. The molecule has 0 atom stereocenters. The molecule has 1 aliphatic heterocycles. The molecule has 0 spiro atoms. The number of ether oxygens (including phenoxy) is 3. The van der Waals surface area contributed by atoms with Gasteiger partial charge in [-0.2, -0.15) is 9.98 Å². The number of methoxy groups -OCH3 is 2. The highest BCUT2D eigenvalue weighted by atomic mass is 32.2. The summed E-state index contributed by atoms with van der Waals surface area (Å²) in [6, 6.07) is 11.3. The van der Waals surface area contributed by atoms with E-state index in [0.717, 1.165) is 35.3 Å². The summed E-state index contributed by atoms with van der Waals surface area (Å²) in [5, 5.41) is 4.37. The fourth-order valence-electron chi connectivity index (χ4n) is 3.52. The van der Waals surface area contributed by atoms with Crippen LogP contribution in [-0.2, 0) is 11.2 Å². The van der Waals surface area contributed by atoms with Gasteiger partial charge in [-0.25, -0.2) is 9.79 Å². The number of carbonyl (C=O) groups excluding carboxylic acids is 1. The number of hydrogen-bond donors (Lipinski definition) is 0. The van der Waals surface area contributed by atoms with Crippen molar-refractivity contribution in [2.75, 3.05) is 27.1 Å². The Bertz CT molecular complexity index is 1230. The molecule has 0 aliphatic carbocycles. The van der Waals surface area contributed by atoms with Crippen molar-refractivity contribution in [2.24, 2.45) is 9.98 Å². The molecule has 34 heavy (non-hydrogen) atoms. The van der Waals surface area contributed by atoms with Gasteiger partial charge in [-0.05, 0) is 61.1 Å². The Morgan fingerprint density at radius 2 is 1.97 bits per heavy atom. The van der Waals surface area contributed by atoms with Gasteiger partial charge in [-0.15, -0.1) is 11.8 Å². The molecule has 3 aromatic rings. The first kappa shape index (κ1) is 23.5. The maximum atomic E-state index is 12.0. The molecule has 1 amide bonds. The average Bonchev–Trinajstić information content (AvgIpc) is 3.31. The van der Waals surface area contributed by atoms with Gasteiger partial charge in [0.1, 0.15) is 10.8 Å². The lowest BCUT2D eigenvalue weighted by Crippen LogP contribution is -2.17. The number of nitrogens with zero attached hydrogens (tertiary/aromatic N) is 4. The van der Waals surface area contributed by atoms with Crippen LogP contribution in [0.2, 0.25) is 0 Å². The first-order valence-corrected chi connectivity index (χ1v) is 11.8. The van der Waals surface area contributed by atoms with Crippen molar-refractivity contribution in [1.29, 1.82) is 0 Å². The molecule has 4 rings (SSSR count). The normalized spacial score (nSPS) is 13.8. The predicted octanol–water partition coefficient (Wildman–Crippen LogP) is 5.03. The average molecular weight is 481 g/mol. The minimum absolute atomic E-state index is 0.420. The third kappa shape index (κ3) is 5.12. The van der Waals surface area contributed by atoms with Crippen LogP contribution in [0.5, 0.6) is 11.5 Å². The number of aryl methyl sites for hydroxylation is 2. The van der Waals surface area contributed by atoms with Gasteiger partial charge in [0.15, 0.2) is 11.5 Å². The Morgan fingerprint density at radius 3 is 2.62 bits per heavy atom. The quantitative estimate of drug-likeness (QED) is 0.370. The number of fused-ring (bicyclic) bond motifs is 1. The van der Waals surface area contributed by atoms with E-state index in [1.54, 1.807) is 14.0 Å². The van der Waals surface area contributed by atoms with E-state index >= 15 is 0 Å². The number of rotatable bonds is 5. The van der Waals surface area contributed by atoms with E-state index in [-0.39, 0.29) is 0 Å². The van der Waals surface area contributed by atoms with Crippen LogP contribution in [-0.4, -0.2) is 54.1 Å². The Hall–Kier alpha value is -3.66. The third-order valence-electron chi connectivity index (χ3n) is 5.12. The first-order valence-electron chi connectivity index (χ1n) is 10.6. The van der Waals surface area contributed by atoms with Gasteiger partial charge in [-0.1, -0.05) is 5.16 Å². The summed E-state index contributed by atoms with van der Waals surface area (Å²) >= 11 is 1.30. The second-order valence-electron chi connectivity index (χ2n) is 7.35. The highest BCUT2D eigenvalue weighted by Gasteiger charge is 2.22. The molecule has 2 aromatic carbocycles. The van der Waals surface area contributed by atoms with E-state index in [2.05, 4.69) is 15.1 Å². The number of aliphatic imine (C=N–C) groups is 2. The zero-order chi connectivity index (χ0) is 24.1. The molecular formula is C24H24N4O5S. The van der Waals surface area contributed by atoms with E-state index in [1.807, 2.05) is 42.7 Å². The standard InChI is InChI=1S/C24H24N4O5S/c1-14-25-22(28-33-14)15-7-9-18(10-8-15)26-20(23(34-4)27-24(29)31-3)17-12-16-6-5-11-32-21(16)19(13-17)30-2/h7-10,12-13H,5-6,11H2,1-4H3/b26-20+,27-23-. The van der Waals surface area contributed by atoms with Crippen LogP contribution in [0.15, 0.2) is 50.9 Å². The van der Waals surface area contributed by atoms with Gasteiger partial charge in [0.25, 0.3) is 0 Å². The van der Waals surface area contributed by atoms with Gasteiger partial charge < -0.3 is 18.7 Å². The molecule has 0 unspecified atom stereocenters. The van der Waals surface area contributed by atoms with E-state index in [9.17, 15) is 4.79 Å². The summed E-state index contributed by atoms with van der Waals surface area (Å²) in [6.45, 7) is 2.39. The maximum absolute atomic E-state index is 12.0. The Kier molecular flexibility index (Phi) is 7.27. The minimum Gasteiger partial charge on any atom is -0.493 e. The monoisotopic (exact) mass is 480 g/mol. The predicted molar refractivity (Wildman–Crippen MR) is 131 cm³/mol. The van der Waals surface area contributed by atoms with Crippen molar-refractivity contribution in [1.82, 2.24) is 10.1 Å². The van der Waals surface area contributed by atoms with E-state index in [0.29, 0.717) is 40.5 Å². The number of amides is 1. The fourth-order valence-corrected chi connectivity index (χ4v) is 4.05. The van der Waals surface area contributed by atoms with E-state index in [1.165, 1.54) is 18.9 Å². The Labute approximate surface area is 201 Å². The molecule has 0 N–H and O–H groups in total. The van der Waals surface area contributed by atoms with Crippen LogP contribution >= 0.6 is 11.8 Å². The second-order valence-corrected chi connectivity index (χ2v) is 8.15. The van der Waals surface area contributed by atoms with Crippen LogP contribution in [0.3, 0.4) is 0 Å².